The van der Waals surface area contributed by atoms with Gasteiger partial charge < -0.3 is 24.8 Å². The molecule has 2 aromatic rings. The molecule has 0 aliphatic heterocycles. The summed E-state index contributed by atoms with van der Waals surface area (Å²) in [7, 11) is 0. The Morgan fingerprint density at radius 1 is 1.10 bits per heavy atom. The van der Waals surface area contributed by atoms with E-state index < -0.39 is 23.2 Å². The van der Waals surface area contributed by atoms with Gasteiger partial charge in [0, 0.05) is 0 Å². The molecule has 1 aromatic carbocycles. The predicted octanol–water partition coefficient (Wildman–Crippen LogP) is -2.02. The molecule has 0 spiro atoms. The minimum Gasteiger partial charge on any atom is -1.00 e. The fourth-order valence-corrected chi connectivity index (χ4v) is 6.04. The van der Waals surface area contributed by atoms with E-state index in [0.29, 0.717) is 0 Å². The molecule has 1 heterocycles. The standard InChI is InChI=1S/C9H8N.C8H9.2ClH.Zr/c1-7-6-10-9-5-3-2-4-8(7)9;1-7(2)8-5-3-4-6-8;;;/h2-5,10H,1H3;3-5H,1-2H3;2*1H;/q;;;;+2/p-2. The number of H-pyrrole nitrogens is 1. The Bertz CT molecular complexity index is 734. The van der Waals surface area contributed by atoms with Crippen LogP contribution in [-0.2, 0) is 23.2 Å². The molecule has 1 aliphatic carbocycles. The number of allylic oxidation sites excluding steroid dienone is 6. The summed E-state index contributed by atoms with van der Waals surface area (Å²) in [6.07, 6.45) is 6.75. The molecule has 0 bridgehead atoms. The Morgan fingerprint density at radius 2 is 1.81 bits per heavy atom. The first-order valence-electron chi connectivity index (χ1n) is 6.57. The first kappa shape index (κ1) is 18.5. The molecule has 3 rings (SSSR count). The zero-order chi connectivity index (χ0) is 13.4. The molecule has 1 aromatic heterocycles. The Hall–Kier alpha value is -0.557. The van der Waals surface area contributed by atoms with Gasteiger partial charge in [0.1, 0.15) is 0 Å². The number of benzene rings is 1. The van der Waals surface area contributed by atoms with Crippen LogP contribution in [0.15, 0.2) is 56.9 Å². The molecule has 1 aliphatic rings. The van der Waals surface area contributed by atoms with Gasteiger partial charge in [-0.15, -0.1) is 0 Å². The Labute approximate surface area is 150 Å². The zero-order valence-corrected chi connectivity index (χ0v) is 16.3. The minimum absolute atomic E-state index is 0. The van der Waals surface area contributed by atoms with Crippen LogP contribution in [0.25, 0.3) is 10.9 Å². The van der Waals surface area contributed by atoms with Crippen molar-refractivity contribution in [1.29, 1.82) is 0 Å². The molecular weight excluding hydrogens is 380 g/mol. The third kappa shape index (κ3) is 3.62. The third-order valence-electron chi connectivity index (χ3n) is 3.58. The number of nitrogens with one attached hydrogen (secondary N) is 1. The van der Waals surface area contributed by atoms with Gasteiger partial charge in [-0.1, -0.05) is 0 Å². The van der Waals surface area contributed by atoms with E-state index in [9.17, 15) is 0 Å². The fraction of sp³-hybridized carbons (Fsp3) is 0.176. The molecule has 0 amide bonds. The molecular formula is C17H17Cl2NZr. The number of para-hydroxylation sites is 1. The van der Waals surface area contributed by atoms with Gasteiger partial charge in [-0.25, -0.2) is 0 Å². The van der Waals surface area contributed by atoms with Crippen molar-refractivity contribution in [2.75, 3.05) is 0 Å². The van der Waals surface area contributed by atoms with Crippen LogP contribution in [0, 0.1) is 6.92 Å². The molecule has 0 saturated heterocycles. The largest absolute Gasteiger partial charge is 1.00 e. The Balaban J connectivity index is 0.00000110. The van der Waals surface area contributed by atoms with Crippen LogP contribution in [0.5, 0.6) is 0 Å². The smallest absolute Gasteiger partial charge is 1.00 e. The minimum atomic E-state index is -0.744. The normalized spacial score (nSPS) is 12.5. The molecule has 4 heteroatoms. The van der Waals surface area contributed by atoms with Gasteiger partial charge in [0.2, 0.25) is 0 Å². The van der Waals surface area contributed by atoms with Gasteiger partial charge in [-0.3, -0.25) is 0 Å². The maximum Gasteiger partial charge on any atom is -1.00 e. The fourth-order valence-electron chi connectivity index (χ4n) is 2.51. The van der Waals surface area contributed by atoms with Crippen molar-refractivity contribution in [3.63, 3.8) is 0 Å². The molecule has 0 atom stereocenters. The monoisotopic (exact) mass is 395 g/mol. The van der Waals surface area contributed by atoms with Crippen LogP contribution < -0.4 is 28.2 Å². The quantitative estimate of drug-likeness (QED) is 0.603. The molecule has 21 heavy (non-hydrogen) atoms. The van der Waals surface area contributed by atoms with Crippen molar-refractivity contribution in [2.45, 2.75) is 20.8 Å². The molecule has 0 fully saturated rings. The summed E-state index contributed by atoms with van der Waals surface area (Å²) in [6.45, 7) is 6.66. The van der Waals surface area contributed by atoms with E-state index in [1.54, 1.807) is 3.28 Å². The van der Waals surface area contributed by atoms with Gasteiger partial charge in [0.15, 0.2) is 0 Å². The summed E-state index contributed by atoms with van der Waals surface area (Å²) in [5.74, 6) is 0. The number of aryl methyl sites for hydroxylation is 1. The van der Waals surface area contributed by atoms with Crippen LogP contribution >= 0.6 is 0 Å². The van der Waals surface area contributed by atoms with Crippen LogP contribution in [-0.4, -0.2) is 4.98 Å². The number of aromatic amines is 1. The number of hydrogen-bond donors (Lipinski definition) is 1. The van der Waals surface area contributed by atoms with Crippen LogP contribution in [0.3, 0.4) is 0 Å². The van der Waals surface area contributed by atoms with Crippen molar-refractivity contribution in [3.8, 4) is 0 Å². The number of fused-ring (bicyclic) bond motifs is 1. The number of aromatic nitrogens is 1. The number of hydrogen-bond acceptors (Lipinski definition) is 0. The second-order valence-electron chi connectivity index (χ2n) is 5.15. The summed E-state index contributed by atoms with van der Waals surface area (Å²) in [5.41, 5.74) is 5.61. The van der Waals surface area contributed by atoms with E-state index in [2.05, 4.69) is 68.2 Å². The molecule has 0 radical (unpaired) electrons. The SMILES string of the molecule is CC(C)=C1C=CC=[C]1[Zr+2][c]1[nH]c2ccccc2c1C.[Cl-].[Cl-]. The first-order chi connectivity index (χ1) is 9.16. The van der Waals surface area contributed by atoms with Gasteiger partial charge in [0.25, 0.3) is 0 Å². The van der Waals surface area contributed by atoms with Crippen LogP contribution in [0.2, 0.25) is 0 Å². The zero-order valence-electron chi connectivity index (χ0n) is 12.3. The van der Waals surface area contributed by atoms with Crippen molar-refractivity contribution < 1.29 is 48.0 Å². The third-order valence-corrected chi connectivity index (χ3v) is 7.16. The van der Waals surface area contributed by atoms with E-state index in [4.69, 9.17) is 0 Å². The topological polar surface area (TPSA) is 15.8 Å². The summed E-state index contributed by atoms with van der Waals surface area (Å²) < 4.78 is 3.08. The van der Waals surface area contributed by atoms with E-state index >= 15 is 0 Å². The van der Waals surface area contributed by atoms with Crippen LogP contribution in [0.1, 0.15) is 19.4 Å². The summed E-state index contributed by atoms with van der Waals surface area (Å²) >= 11 is -0.744. The summed E-state index contributed by atoms with van der Waals surface area (Å²) in [6, 6.07) is 8.61. The van der Waals surface area contributed by atoms with Crippen molar-refractivity contribution >= 4 is 14.3 Å². The van der Waals surface area contributed by atoms with E-state index in [1.165, 1.54) is 31.0 Å². The van der Waals surface area contributed by atoms with Gasteiger partial charge in [-0.2, -0.15) is 0 Å². The Morgan fingerprint density at radius 3 is 2.48 bits per heavy atom. The molecule has 0 saturated carbocycles. The first-order valence-corrected chi connectivity index (χ1v) is 9.03. The van der Waals surface area contributed by atoms with Crippen molar-refractivity contribution in [1.82, 2.24) is 4.98 Å². The van der Waals surface area contributed by atoms with Crippen molar-refractivity contribution in [2.24, 2.45) is 0 Å². The second kappa shape index (κ2) is 7.63. The predicted molar refractivity (Wildman–Crippen MR) is 78.3 cm³/mol. The summed E-state index contributed by atoms with van der Waals surface area (Å²) in [5, 5.41) is 1.38. The average molecular weight is 397 g/mol. The van der Waals surface area contributed by atoms with Gasteiger partial charge in [-0.05, 0) is 0 Å². The maximum absolute atomic E-state index is 3.63. The average Bonchev–Trinajstić information content (AvgIpc) is 2.97. The Kier molecular flexibility index (Phi) is 6.72. The van der Waals surface area contributed by atoms with Crippen molar-refractivity contribution in [3.05, 3.63) is 62.5 Å². The molecule has 1 N–H and O–H groups in total. The molecule has 1 nitrogen and oxygen atoms in total. The van der Waals surface area contributed by atoms with Crippen LogP contribution in [0.4, 0.5) is 0 Å². The molecule has 0 unspecified atom stereocenters. The second-order valence-corrected chi connectivity index (χ2v) is 8.32. The number of halogens is 2. The number of rotatable bonds is 2. The van der Waals surface area contributed by atoms with E-state index in [-0.39, 0.29) is 24.8 Å². The van der Waals surface area contributed by atoms with E-state index in [1.807, 2.05) is 0 Å². The summed E-state index contributed by atoms with van der Waals surface area (Å²) in [4.78, 5) is 3.63. The maximum atomic E-state index is 3.63. The van der Waals surface area contributed by atoms with E-state index in [0.717, 1.165) is 0 Å². The van der Waals surface area contributed by atoms with Gasteiger partial charge in [0.05, 0.1) is 0 Å². The van der Waals surface area contributed by atoms with Gasteiger partial charge >= 0.3 is 126 Å². The molecule has 108 valence electrons.